The Morgan fingerprint density at radius 1 is 0.885 bits per heavy atom. The van der Waals surface area contributed by atoms with Crippen molar-refractivity contribution in [3.05, 3.63) is 90.9 Å². The number of rotatable bonds is 3. The first-order valence-corrected chi connectivity index (χ1v) is 20.1. The molecule has 135 valence electrons. The van der Waals surface area contributed by atoms with Gasteiger partial charge >= 0.3 is 139 Å². The fraction of sp³-hybridized carbons (Fsp3) is 0.217. The maximum absolute atomic E-state index is 7.22. The van der Waals surface area contributed by atoms with E-state index >= 15 is 0 Å². The standard InChI is InChI=1S/C13H9.C5H5.C4H9.CH2.2ClH.Zr/c1-3-7-12-10(5-1)9-11-6-2-4-8-13(11)12;1-2-4-5-3-1;1-3-4-2;;;;/h1-9H;1-5H;1,3-4H2,2H3;1H2;2*1H;/q;;;;;;+2/p-2. The Kier molecular flexibility index (Phi) is 5.93. The number of hydrogen-bond acceptors (Lipinski definition) is 0. The van der Waals surface area contributed by atoms with Crippen molar-refractivity contribution in [2.75, 3.05) is 0 Å². The third kappa shape index (κ3) is 3.51. The Hall–Kier alpha value is -0.747. The van der Waals surface area contributed by atoms with E-state index in [0.29, 0.717) is 0 Å². The van der Waals surface area contributed by atoms with Crippen LogP contribution in [-0.4, -0.2) is 4.21 Å². The molecule has 0 saturated carbocycles. The Morgan fingerprint density at radius 2 is 1.31 bits per heavy atom. The summed E-state index contributed by atoms with van der Waals surface area (Å²) in [6.45, 7) is 5.72. The zero-order chi connectivity index (χ0) is 18.8. The molecule has 0 saturated heterocycles. The fourth-order valence-electron chi connectivity index (χ4n) is 3.81. The van der Waals surface area contributed by atoms with Crippen LogP contribution in [0.2, 0.25) is 3.63 Å². The van der Waals surface area contributed by atoms with Crippen molar-refractivity contribution in [2.24, 2.45) is 0 Å². The third-order valence-electron chi connectivity index (χ3n) is 5.20. The molecule has 3 heteroatoms. The molecule has 2 aromatic rings. The summed E-state index contributed by atoms with van der Waals surface area (Å²) in [4.78, 5) is 0. The first-order chi connectivity index (χ1) is 12.4. The summed E-state index contributed by atoms with van der Waals surface area (Å²) in [6.07, 6.45) is 10.6. The van der Waals surface area contributed by atoms with Gasteiger partial charge in [-0.1, -0.05) is 26.7 Å². The maximum Gasteiger partial charge on any atom is -0.0533 e. The van der Waals surface area contributed by atoms with Gasteiger partial charge in [0.25, 0.3) is 0 Å². The van der Waals surface area contributed by atoms with Gasteiger partial charge in [-0.05, 0) is 0 Å². The largest absolute Gasteiger partial charge is 0.0654 e. The summed E-state index contributed by atoms with van der Waals surface area (Å²) in [6, 6.07) is 16.9. The van der Waals surface area contributed by atoms with Gasteiger partial charge in [-0.3, -0.25) is 0 Å². The molecular formula is C23H25Cl2Zr. The summed E-state index contributed by atoms with van der Waals surface area (Å²) < 4.78 is 4.62. The Bertz CT molecular complexity index is 858. The van der Waals surface area contributed by atoms with E-state index in [-0.39, 0.29) is 7.25 Å². The summed E-state index contributed by atoms with van der Waals surface area (Å²) in [5.74, 6) is 0. The SMILES string of the molecule is [CH2]=[Zr]([Cl])([Cl])([CH]1C=CC=C1)[CH]1c2ccccc2-c2ccccc21.[CH2]CCC. The van der Waals surface area contributed by atoms with Crippen LogP contribution >= 0.6 is 17.0 Å². The molecule has 0 unspecified atom stereocenters. The maximum atomic E-state index is 7.22. The fourth-order valence-corrected chi connectivity index (χ4v) is 16.1. The molecule has 4 rings (SSSR count). The second-order valence-corrected chi connectivity index (χ2v) is 28.5. The monoisotopic (exact) mass is 461 g/mol. The van der Waals surface area contributed by atoms with Crippen LogP contribution < -0.4 is 0 Å². The van der Waals surface area contributed by atoms with Gasteiger partial charge in [0, 0.05) is 0 Å². The molecule has 0 nitrogen and oxygen atoms in total. The van der Waals surface area contributed by atoms with E-state index in [1.807, 2.05) is 12.2 Å². The van der Waals surface area contributed by atoms with Gasteiger partial charge in [-0.2, -0.15) is 0 Å². The van der Waals surface area contributed by atoms with Gasteiger partial charge in [-0.15, -0.1) is 0 Å². The minimum atomic E-state index is -4.35. The van der Waals surface area contributed by atoms with Crippen LogP contribution in [-0.2, 0) is 15.9 Å². The average molecular weight is 464 g/mol. The minimum absolute atomic E-state index is 0.0366. The smallest absolute Gasteiger partial charge is 0.0533 e. The molecule has 2 aromatic carbocycles. The van der Waals surface area contributed by atoms with Crippen LogP contribution in [0.1, 0.15) is 34.5 Å². The molecule has 0 amide bonds. The van der Waals surface area contributed by atoms with E-state index in [2.05, 4.69) is 78.7 Å². The van der Waals surface area contributed by atoms with Gasteiger partial charge < -0.3 is 0 Å². The molecule has 0 atom stereocenters. The quantitative estimate of drug-likeness (QED) is 0.437. The molecule has 0 aromatic heterocycles. The number of fused-ring (bicyclic) bond motifs is 3. The predicted octanol–water partition coefficient (Wildman–Crippen LogP) is 7.72. The summed E-state index contributed by atoms with van der Waals surface area (Å²) >= 11 is -4.35. The van der Waals surface area contributed by atoms with Gasteiger partial charge in [0.2, 0.25) is 0 Å². The number of halogens is 2. The summed E-state index contributed by atoms with van der Waals surface area (Å²) in [7, 11) is 14.4. The van der Waals surface area contributed by atoms with Crippen LogP contribution in [0.5, 0.6) is 0 Å². The van der Waals surface area contributed by atoms with Crippen LogP contribution in [0.15, 0.2) is 72.8 Å². The van der Waals surface area contributed by atoms with Crippen molar-refractivity contribution in [2.45, 2.75) is 27.0 Å². The number of unbranched alkanes of at least 4 members (excludes halogenated alkanes) is 1. The van der Waals surface area contributed by atoms with E-state index in [9.17, 15) is 0 Å². The first kappa shape index (κ1) is 20.0. The average Bonchev–Trinajstić information content (AvgIpc) is 3.29. The summed E-state index contributed by atoms with van der Waals surface area (Å²) in [5.41, 5.74) is 4.98. The molecule has 2 aliphatic carbocycles. The Balaban J connectivity index is 0.000000447. The second-order valence-electron chi connectivity index (χ2n) is 7.11. The van der Waals surface area contributed by atoms with E-state index < -0.39 is 15.9 Å². The van der Waals surface area contributed by atoms with Gasteiger partial charge in [0.1, 0.15) is 0 Å². The molecule has 0 heterocycles. The zero-order valence-electron chi connectivity index (χ0n) is 15.2. The molecule has 0 fully saturated rings. The van der Waals surface area contributed by atoms with Crippen LogP contribution in [0, 0.1) is 6.92 Å². The summed E-state index contributed by atoms with van der Waals surface area (Å²) in [5, 5.41) is 0. The number of hydrogen-bond donors (Lipinski definition) is 0. The molecular weight excluding hydrogens is 438 g/mol. The molecule has 26 heavy (non-hydrogen) atoms. The van der Waals surface area contributed by atoms with Crippen molar-refractivity contribution >= 4 is 21.2 Å². The van der Waals surface area contributed by atoms with E-state index in [0.717, 1.165) is 6.42 Å². The number of allylic oxidation sites excluding steroid dienone is 4. The molecule has 0 bridgehead atoms. The van der Waals surface area contributed by atoms with E-state index in [4.69, 9.17) is 17.0 Å². The topological polar surface area (TPSA) is 0 Å². The first-order valence-electron chi connectivity index (χ1n) is 9.16. The van der Waals surface area contributed by atoms with Gasteiger partial charge in [0.15, 0.2) is 0 Å². The predicted molar refractivity (Wildman–Crippen MR) is 115 cm³/mol. The van der Waals surface area contributed by atoms with Crippen molar-refractivity contribution in [3.8, 4) is 11.1 Å². The Labute approximate surface area is 165 Å². The van der Waals surface area contributed by atoms with Gasteiger partial charge in [0.05, 0.1) is 0 Å². The second kappa shape index (κ2) is 7.71. The van der Waals surface area contributed by atoms with Crippen molar-refractivity contribution in [1.82, 2.24) is 0 Å². The molecule has 0 spiro atoms. The third-order valence-corrected chi connectivity index (χ3v) is 19.5. The van der Waals surface area contributed by atoms with Crippen LogP contribution in [0.25, 0.3) is 11.1 Å². The van der Waals surface area contributed by atoms with Crippen LogP contribution in [0.3, 0.4) is 0 Å². The molecule has 2 aliphatic rings. The molecule has 1 radical (unpaired) electrons. The van der Waals surface area contributed by atoms with Crippen LogP contribution in [0.4, 0.5) is 0 Å². The minimum Gasteiger partial charge on any atom is -0.0654 e. The van der Waals surface area contributed by atoms with Crippen molar-refractivity contribution < 1.29 is 15.9 Å². The van der Waals surface area contributed by atoms with Crippen molar-refractivity contribution in [3.63, 3.8) is 0 Å². The van der Waals surface area contributed by atoms with E-state index in [1.165, 1.54) is 28.7 Å². The van der Waals surface area contributed by atoms with Crippen molar-refractivity contribution in [1.29, 1.82) is 0 Å². The normalized spacial score (nSPS) is 16.2. The Morgan fingerprint density at radius 3 is 1.73 bits per heavy atom. The van der Waals surface area contributed by atoms with Gasteiger partial charge in [-0.25, -0.2) is 0 Å². The molecule has 0 aliphatic heterocycles. The van der Waals surface area contributed by atoms with E-state index in [1.54, 1.807) is 0 Å². The number of benzene rings is 2. The molecule has 0 N–H and O–H groups in total. The zero-order valence-corrected chi connectivity index (χ0v) is 19.1.